The van der Waals surface area contributed by atoms with Crippen LogP contribution in [0.3, 0.4) is 0 Å². The van der Waals surface area contributed by atoms with Crippen molar-refractivity contribution in [1.82, 2.24) is 9.80 Å². The summed E-state index contributed by atoms with van der Waals surface area (Å²) >= 11 is 0. The van der Waals surface area contributed by atoms with Gasteiger partial charge in [-0.05, 0) is 47.8 Å². The SMILES string of the molecule is CC.CN1CCC(N(C)C(C)(C)C)C1. The van der Waals surface area contributed by atoms with Crippen LogP contribution in [0.4, 0.5) is 0 Å². The van der Waals surface area contributed by atoms with Crippen molar-refractivity contribution in [2.24, 2.45) is 0 Å². The van der Waals surface area contributed by atoms with Crippen LogP contribution in [0.5, 0.6) is 0 Å². The lowest BCUT2D eigenvalue weighted by Crippen LogP contribution is -2.46. The molecule has 14 heavy (non-hydrogen) atoms. The number of likely N-dealkylation sites (tertiary alicyclic amines) is 1. The van der Waals surface area contributed by atoms with Crippen LogP contribution in [0.15, 0.2) is 0 Å². The fourth-order valence-electron chi connectivity index (χ4n) is 1.78. The van der Waals surface area contributed by atoms with Crippen LogP contribution in [0, 0.1) is 0 Å². The van der Waals surface area contributed by atoms with Crippen molar-refractivity contribution >= 4 is 0 Å². The molecule has 1 fully saturated rings. The Morgan fingerprint density at radius 1 is 1.21 bits per heavy atom. The highest BCUT2D eigenvalue weighted by Gasteiger charge is 2.29. The maximum absolute atomic E-state index is 2.50. The third-order valence-corrected chi connectivity index (χ3v) is 2.97. The summed E-state index contributed by atoms with van der Waals surface area (Å²) in [5, 5.41) is 0. The standard InChI is InChI=1S/C10H22N2.C2H6/c1-10(2,3)12(5)9-6-7-11(4)8-9;1-2/h9H,6-8H2,1-5H3;1-2H3. The molecular weight excluding hydrogens is 172 g/mol. The number of nitrogens with zero attached hydrogens (tertiary/aromatic N) is 2. The van der Waals surface area contributed by atoms with E-state index in [1.807, 2.05) is 13.8 Å². The number of hydrogen-bond acceptors (Lipinski definition) is 2. The Bertz CT molecular complexity index is 149. The summed E-state index contributed by atoms with van der Waals surface area (Å²) in [5.74, 6) is 0. The van der Waals surface area contributed by atoms with E-state index < -0.39 is 0 Å². The lowest BCUT2D eigenvalue weighted by molar-refractivity contribution is 0.120. The van der Waals surface area contributed by atoms with Crippen molar-refractivity contribution in [3.63, 3.8) is 0 Å². The van der Waals surface area contributed by atoms with Crippen molar-refractivity contribution in [1.29, 1.82) is 0 Å². The first kappa shape index (κ1) is 13.9. The van der Waals surface area contributed by atoms with Gasteiger partial charge in [0.05, 0.1) is 0 Å². The summed E-state index contributed by atoms with van der Waals surface area (Å²) < 4.78 is 0. The van der Waals surface area contributed by atoms with E-state index in [1.165, 1.54) is 19.5 Å². The van der Waals surface area contributed by atoms with Crippen molar-refractivity contribution in [2.45, 2.75) is 52.6 Å². The van der Waals surface area contributed by atoms with Crippen LogP contribution in [0.1, 0.15) is 41.0 Å². The molecule has 0 bridgehead atoms. The van der Waals surface area contributed by atoms with Gasteiger partial charge in [-0.2, -0.15) is 0 Å². The molecule has 0 radical (unpaired) electrons. The van der Waals surface area contributed by atoms with Gasteiger partial charge in [-0.1, -0.05) is 13.8 Å². The van der Waals surface area contributed by atoms with Gasteiger partial charge < -0.3 is 4.90 Å². The summed E-state index contributed by atoms with van der Waals surface area (Å²) in [4.78, 5) is 4.91. The second-order valence-electron chi connectivity index (χ2n) is 4.99. The molecule has 0 aromatic rings. The predicted octanol–water partition coefficient (Wildman–Crippen LogP) is 2.45. The van der Waals surface area contributed by atoms with Gasteiger partial charge in [-0.3, -0.25) is 4.90 Å². The second kappa shape index (κ2) is 5.72. The molecule has 1 aliphatic heterocycles. The molecule has 86 valence electrons. The largest absolute Gasteiger partial charge is 0.305 e. The van der Waals surface area contributed by atoms with E-state index in [4.69, 9.17) is 0 Å². The number of likely N-dealkylation sites (N-methyl/N-ethyl adjacent to an activating group) is 2. The van der Waals surface area contributed by atoms with Gasteiger partial charge in [0.1, 0.15) is 0 Å². The number of rotatable bonds is 1. The van der Waals surface area contributed by atoms with Gasteiger partial charge in [-0.25, -0.2) is 0 Å². The highest BCUT2D eigenvalue weighted by atomic mass is 15.3. The minimum Gasteiger partial charge on any atom is -0.305 e. The monoisotopic (exact) mass is 200 g/mol. The van der Waals surface area contributed by atoms with Gasteiger partial charge in [0.25, 0.3) is 0 Å². The molecule has 0 amide bonds. The summed E-state index contributed by atoms with van der Waals surface area (Å²) in [6, 6.07) is 0.759. The van der Waals surface area contributed by atoms with Crippen molar-refractivity contribution in [3.05, 3.63) is 0 Å². The molecule has 0 aliphatic carbocycles. The first-order chi connectivity index (χ1) is 6.41. The van der Waals surface area contributed by atoms with Crippen LogP contribution >= 0.6 is 0 Å². The van der Waals surface area contributed by atoms with Crippen LogP contribution in [0.25, 0.3) is 0 Å². The normalized spacial score (nSPS) is 23.6. The Balaban J connectivity index is 0.000000791. The van der Waals surface area contributed by atoms with E-state index in [1.54, 1.807) is 0 Å². The zero-order chi connectivity index (χ0) is 11.4. The highest BCUT2D eigenvalue weighted by Crippen LogP contribution is 2.20. The Morgan fingerprint density at radius 2 is 1.71 bits per heavy atom. The lowest BCUT2D eigenvalue weighted by Gasteiger charge is -2.36. The minimum atomic E-state index is 0.315. The van der Waals surface area contributed by atoms with E-state index in [9.17, 15) is 0 Å². The fourth-order valence-corrected chi connectivity index (χ4v) is 1.78. The van der Waals surface area contributed by atoms with E-state index in [0.717, 1.165) is 6.04 Å². The second-order valence-corrected chi connectivity index (χ2v) is 4.99. The Labute approximate surface area is 90.3 Å². The summed E-state index contributed by atoms with van der Waals surface area (Å²) in [7, 11) is 4.44. The Hall–Kier alpha value is -0.0800. The van der Waals surface area contributed by atoms with Crippen LogP contribution in [-0.2, 0) is 0 Å². The molecule has 1 heterocycles. The van der Waals surface area contributed by atoms with Crippen molar-refractivity contribution in [2.75, 3.05) is 27.2 Å². The maximum atomic E-state index is 2.50. The Kier molecular flexibility index (Phi) is 5.68. The molecule has 0 N–H and O–H groups in total. The van der Waals surface area contributed by atoms with E-state index in [-0.39, 0.29) is 0 Å². The van der Waals surface area contributed by atoms with Gasteiger partial charge in [0, 0.05) is 18.1 Å². The molecule has 0 spiro atoms. The minimum absolute atomic E-state index is 0.315. The van der Waals surface area contributed by atoms with E-state index in [0.29, 0.717) is 5.54 Å². The number of hydrogen-bond donors (Lipinski definition) is 0. The predicted molar refractivity (Wildman–Crippen MR) is 64.8 cm³/mol. The average molecular weight is 200 g/mol. The fraction of sp³-hybridized carbons (Fsp3) is 1.00. The zero-order valence-electron chi connectivity index (χ0n) is 11.1. The molecule has 0 aromatic heterocycles. The molecule has 1 atom stereocenters. The zero-order valence-corrected chi connectivity index (χ0v) is 11.1. The smallest absolute Gasteiger partial charge is 0.0237 e. The van der Waals surface area contributed by atoms with E-state index in [2.05, 4.69) is 44.7 Å². The van der Waals surface area contributed by atoms with Gasteiger partial charge in [0.2, 0.25) is 0 Å². The third kappa shape index (κ3) is 3.97. The molecule has 0 saturated carbocycles. The first-order valence-corrected chi connectivity index (χ1v) is 5.83. The average Bonchev–Trinajstić information content (AvgIpc) is 2.52. The van der Waals surface area contributed by atoms with Crippen molar-refractivity contribution < 1.29 is 0 Å². The molecule has 1 rings (SSSR count). The van der Waals surface area contributed by atoms with E-state index >= 15 is 0 Å². The highest BCUT2D eigenvalue weighted by molar-refractivity contribution is 4.86. The summed E-state index contributed by atoms with van der Waals surface area (Å²) in [6.07, 6.45) is 1.32. The molecule has 1 saturated heterocycles. The first-order valence-electron chi connectivity index (χ1n) is 5.83. The summed E-state index contributed by atoms with van der Waals surface area (Å²) in [6.45, 7) is 13.3. The Morgan fingerprint density at radius 3 is 2.00 bits per heavy atom. The molecule has 1 aliphatic rings. The van der Waals surface area contributed by atoms with Crippen molar-refractivity contribution in [3.8, 4) is 0 Å². The molecule has 2 nitrogen and oxygen atoms in total. The molecule has 1 unspecified atom stereocenters. The molecular formula is C12H28N2. The van der Waals surface area contributed by atoms with Crippen LogP contribution in [-0.4, -0.2) is 48.6 Å². The molecule has 2 heteroatoms. The lowest BCUT2D eigenvalue weighted by atomic mass is 10.0. The third-order valence-electron chi connectivity index (χ3n) is 2.97. The van der Waals surface area contributed by atoms with Gasteiger partial charge in [0.15, 0.2) is 0 Å². The maximum Gasteiger partial charge on any atom is 0.0237 e. The summed E-state index contributed by atoms with van der Waals surface area (Å²) in [5.41, 5.74) is 0.315. The van der Waals surface area contributed by atoms with Gasteiger partial charge >= 0.3 is 0 Å². The van der Waals surface area contributed by atoms with Gasteiger partial charge in [-0.15, -0.1) is 0 Å². The topological polar surface area (TPSA) is 6.48 Å². The van der Waals surface area contributed by atoms with Crippen LogP contribution < -0.4 is 0 Å². The quantitative estimate of drug-likeness (QED) is 0.641. The molecule has 0 aromatic carbocycles. The van der Waals surface area contributed by atoms with Crippen LogP contribution in [0.2, 0.25) is 0 Å².